The Balaban J connectivity index is 1.69. The molecule has 3 aromatic carbocycles. The molecule has 7 heteroatoms. The number of rotatable bonds is 6. The number of halogens is 1. The molecule has 0 amide bonds. The zero-order valence-corrected chi connectivity index (χ0v) is 18.7. The molecule has 0 aliphatic carbocycles. The Morgan fingerprint density at radius 3 is 2.48 bits per heavy atom. The molecule has 1 aromatic heterocycles. The summed E-state index contributed by atoms with van der Waals surface area (Å²) in [7, 11) is -3.36. The van der Waals surface area contributed by atoms with Crippen LogP contribution in [0.5, 0.6) is 11.5 Å². The molecule has 4 aromatic rings. The van der Waals surface area contributed by atoms with E-state index in [1.165, 1.54) is 0 Å². The van der Waals surface area contributed by atoms with E-state index in [4.69, 9.17) is 16.3 Å². The molecule has 0 spiro atoms. The number of fused-ring (bicyclic) bond motifs is 1. The van der Waals surface area contributed by atoms with E-state index in [0.717, 1.165) is 27.6 Å². The molecule has 0 aliphatic heterocycles. The highest BCUT2D eigenvalue weighted by molar-refractivity contribution is 7.92. The van der Waals surface area contributed by atoms with Crippen molar-refractivity contribution in [1.29, 1.82) is 0 Å². The second-order valence-electron chi connectivity index (χ2n) is 7.12. The van der Waals surface area contributed by atoms with Crippen LogP contribution in [0.2, 0.25) is 5.02 Å². The van der Waals surface area contributed by atoms with Gasteiger partial charge in [-0.1, -0.05) is 41.9 Å². The molecule has 1 heterocycles. The highest BCUT2D eigenvalue weighted by Crippen LogP contribution is 2.36. The van der Waals surface area contributed by atoms with Crippen LogP contribution in [0.4, 0.5) is 5.69 Å². The fourth-order valence-electron chi connectivity index (χ4n) is 3.40. The van der Waals surface area contributed by atoms with E-state index in [-0.39, 0.29) is 5.75 Å². The van der Waals surface area contributed by atoms with Crippen LogP contribution >= 0.6 is 11.6 Å². The summed E-state index contributed by atoms with van der Waals surface area (Å²) in [5.41, 5.74) is 4.27. The zero-order valence-electron chi connectivity index (χ0n) is 17.1. The topological polar surface area (TPSA) is 68.3 Å². The van der Waals surface area contributed by atoms with Gasteiger partial charge in [-0.05, 0) is 60.9 Å². The van der Waals surface area contributed by atoms with E-state index in [2.05, 4.69) is 9.71 Å². The Hall–Kier alpha value is -3.09. The van der Waals surface area contributed by atoms with E-state index < -0.39 is 10.0 Å². The molecule has 0 atom stereocenters. The van der Waals surface area contributed by atoms with Crippen molar-refractivity contribution >= 4 is 38.2 Å². The number of anilines is 1. The first kappa shape index (κ1) is 21.2. The van der Waals surface area contributed by atoms with Gasteiger partial charge in [0, 0.05) is 17.6 Å². The molecule has 0 radical (unpaired) electrons. The van der Waals surface area contributed by atoms with Crippen LogP contribution in [0.3, 0.4) is 0 Å². The summed E-state index contributed by atoms with van der Waals surface area (Å²) in [5.74, 6) is 1.18. The Bertz CT molecular complexity index is 1370. The molecule has 31 heavy (non-hydrogen) atoms. The largest absolute Gasteiger partial charge is 0.457 e. The molecular weight excluding hydrogens is 432 g/mol. The van der Waals surface area contributed by atoms with E-state index in [1.807, 2.05) is 55.6 Å². The number of nitrogens with one attached hydrogen (secondary N) is 1. The number of pyridine rings is 1. The average Bonchev–Trinajstić information content (AvgIpc) is 2.74. The third-order valence-electron chi connectivity index (χ3n) is 4.88. The van der Waals surface area contributed by atoms with Crippen molar-refractivity contribution in [2.24, 2.45) is 0 Å². The third-order valence-corrected chi connectivity index (χ3v) is 6.50. The lowest BCUT2D eigenvalue weighted by Crippen LogP contribution is -2.14. The van der Waals surface area contributed by atoms with Crippen LogP contribution in [0.15, 0.2) is 72.9 Å². The summed E-state index contributed by atoms with van der Waals surface area (Å²) in [6.45, 7) is 3.60. The average molecular weight is 453 g/mol. The summed E-state index contributed by atoms with van der Waals surface area (Å²) < 4.78 is 32.2. The number of hydrogen-bond donors (Lipinski definition) is 1. The molecule has 1 N–H and O–H groups in total. The van der Waals surface area contributed by atoms with Gasteiger partial charge < -0.3 is 4.74 Å². The van der Waals surface area contributed by atoms with E-state index >= 15 is 0 Å². The highest BCUT2D eigenvalue weighted by atomic mass is 35.5. The predicted octanol–water partition coefficient (Wildman–Crippen LogP) is 6.42. The fourth-order valence-corrected chi connectivity index (χ4v) is 4.25. The van der Waals surface area contributed by atoms with Crippen LogP contribution in [0, 0.1) is 6.92 Å². The highest BCUT2D eigenvalue weighted by Gasteiger charge is 2.12. The lowest BCUT2D eigenvalue weighted by molar-refractivity contribution is 0.483. The summed E-state index contributed by atoms with van der Waals surface area (Å²) in [6.07, 6.45) is 1.82. The molecule has 0 bridgehead atoms. The van der Waals surface area contributed by atoms with Crippen molar-refractivity contribution < 1.29 is 13.2 Å². The number of nitrogens with zero attached hydrogens (tertiary/aromatic N) is 1. The molecule has 158 valence electrons. The smallest absolute Gasteiger partial charge is 0.232 e. The Labute approximate surface area is 186 Å². The second-order valence-corrected chi connectivity index (χ2v) is 9.53. The maximum absolute atomic E-state index is 11.8. The van der Waals surface area contributed by atoms with Crippen molar-refractivity contribution in [3.63, 3.8) is 0 Å². The minimum absolute atomic E-state index is 0.00336. The van der Waals surface area contributed by atoms with Crippen LogP contribution in [-0.4, -0.2) is 19.2 Å². The van der Waals surface area contributed by atoms with Crippen molar-refractivity contribution in [3.05, 3.63) is 83.5 Å². The van der Waals surface area contributed by atoms with Crippen LogP contribution in [-0.2, 0) is 10.0 Å². The van der Waals surface area contributed by atoms with Crippen molar-refractivity contribution in [3.8, 4) is 22.6 Å². The lowest BCUT2D eigenvalue weighted by atomic mass is 9.97. The van der Waals surface area contributed by atoms with E-state index in [0.29, 0.717) is 22.2 Å². The first-order valence-corrected chi connectivity index (χ1v) is 11.8. The minimum Gasteiger partial charge on any atom is -0.457 e. The van der Waals surface area contributed by atoms with Gasteiger partial charge in [0.25, 0.3) is 0 Å². The van der Waals surface area contributed by atoms with Gasteiger partial charge in [-0.2, -0.15) is 0 Å². The number of aromatic nitrogens is 1. The normalized spacial score (nSPS) is 11.5. The van der Waals surface area contributed by atoms with Crippen LogP contribution < -0.4 is 9.46 Å². The predicted molar refractivity (Wildman–Crippen MR) is 127 cm³/mol. The van der Waals surface area contributed by atoms with E-state index in [9.17, 15) is 8.42 Å². The second kappa shape index (κ2) is 8.57. The van der Waals surface area contributed by atoms with Crippen LogP contribution in [0.1, 0.15) is 12.5 Å². The zero-order chi connectivity index (χ0) is 22.0. The van der Waals surface area contributed by atoms with Crippen molar-refractivity contribution in [1.82, 2.24) is 4.98 Å². The lowest BCUT2D eigenvalue weighted by Gasteiger charge is -2.13. The van der Waals surface area contributed by atoms with Gasteiger partial charge in [0.05, 0.1) is 22.0 Å². The Morgan fingerprint density at radius 2 is 1.71 bits per heavy atom. The Morgan fingerprint density at radius 1 is 1.00 bits per heavy atom. The first-order valence-electron chi connectivity index (χ1n) is 9.79. The standard InChI is InChI=1S/C24H21ClN2O3S/c1-3-31(28,29)27-18-8-5-10-20(14-18)30-19-9-4-7-17(13-19)23-16(2)15-26-24-21(23)11-6-12-22(24)25/h4-15,27H,3H2,1-2H3. The van der Waals surface area contributed by atoms with Crippen LogP contribution in [0.25, 0.3) is 22.0 Å². The number of sulfonamides is 1. The van der Waals surface area contributed by atoms with Crippen molar-refractivity contribution in [2.75, 3.05) is 10.5 Å². The van der Waals surface area contributed by atoms with Gasteiger partial charge in [-0.3, -0.25) is 9.71 Å². The maximum Gasteiger partial charge on any atom is 0.232 e. The number of ether oxygens (including phenoxy) is 1. The maximum atomic E-state index is 11.8. The SMILES string of the molecule is CCS(=O)(=O)Nc1cccc(Oc2cccc(-c3c(C)cnc4c(Cl)cccc34)c2)c1. The summed E-state index contributed by atoms with van der Waals surface area (Å²) in [5, 5.41) is 1.58. The number of hydrogen-bond acceptors (Lipinski definition) is 4. The van der Waals surface area contributed by atoms with Gasteiger partial charge in [0.2, 0.25) is 10.0 Å². The van der Waals surface area contributed by atoms with Gasteiger partial charge in [0.15, 0.2) is 0 Å². The molecule has 0 fully saturated rings. The fraction of sp³-hybridized carbons (Fsp3) is 0.125. The van der Waals surface area contributed by atoms with Gasteiger partial charge in [-0.15, -0.1) is 0 Å². The minimum atomic E-state index is -3.36. The van der Waals surface area contributed by atoms with Gasteiger partial charge in [-0.25, -0.2) is 8.42 Å². The molecule has 0 unspecified atom stereocenters. The van der Waals surface area contributed by atoms with E-state index in [1.54, 1.807) is 31.2 Å². The number of para-hydroxylation sites is 1. The van der Waals surface area contributed by atoms with Crippen molar-refractivity contribution in [2.45, 2.75) is 13.8 Å². The number of aryl methyl sites for hydroxylation is 1. The number of benzene rings is 3. The molecule has 0 saturated heterocycles. The molecule has 0 saturated carbocycles. The third kappa shape index (κ3) is 4.65. The van der Waals surface area contributed by atoms with Gasteiger partial charge in [0.1, 0.15) is 11.5 Å². The Kier molecular flexibility index (Phi) is 5.85. The summed E-state index contributed by atoms with van der Waals surface area (Å²) in [6, 6.07) is 20.4. The summed E-state index contributed by atoms with van der Waals surface area (Å²) >= 11 is 6.34. The molecule has 5 nitrogen and oxygen atoms in total. The summed E-state index contributed by atoms with van der Waals surface area (Å²) in [4.78, 5) is 4.48. The van der Waals surface area contributed by atoms with Gasteiger partial charge >= 0.3 is 0 Å². The first-order chi connectivity index (χ1) is 14.9. The quantitative estimate of drug-likeness (QED) is 0.366. The molecular formula is C24H21ClN2O3S. The monoisotopic (exact) mass is 452 g/mol. The molecule has 4 rings (SSSR count). The molecule has 0 aliphatic rings.